The second kappa shape index (κ2) is 7.37. The maximum Gasteiger partial charge on any atom is 0.240 e. The molecule has 0 aliphatic carbocycles. The Bertz CT molecular complexity index is 850. The standard InChI is InChI=1S/C19H22N2O3S/c1-15(22)16-7-5-11-19(13-16)25(23,24)20-14-18-10-6-12-21(18)17-8-3-2-4-9-17/h2-5,7-9,11,13,18,20H,6,10,12,14H2,1H3. The average molecular weight is 358 g/mol. The number of benzene rings is 2. The Morgan fingerprint density at radius 2 is 1.92 bits per heavy atom. The Balaban J connectivity index is 1.72. The van der Waals surface area contributed by atoms with Crippen molar-refractivity contribution in [2.24, 2.45) is 0 Å². The summed E-state index contributed by atoms with van der Waals surface area (Å²) in [6.45, 7) is 2.70. The maximum atomic E-state index is 12.6. The first-order valence-electron chi connectivity index (χ1n) is 8.40. The van der Waals surface area contributed by atoms with Crippen molar-refractivity contribution in [2.45, 2.75) is 30.7 Å². The van der Waals surface area contributed by atoms with Crippen LogP contribution in [0.3, 0.4) is 0 Å². The van der Waals surface area contributed by atoms with E-state index in [2.05, 4.69) is 9.62 Å². The van der Waals surface area contributed by atoms with E-state index in [0.717, 1.165) is 25.1 Å². The molecule has 0 radical (unpaired) electrons. The summed E-state index contributed by atoms with van der Waals surface area (Å²) in [7, 11) is -3.64. The molecule has 5 nitrogen and oxygen atoms in total. The molecule has 3 rings (SSSR count). The Morgan fingerprint density at radius 1 is 1.16 bits per heavy atom. The largest absolute Gasteiger partial charge is 0.367 e. The quantitative estimate of drug-likeness (QED) is 0.807. The van der Waals surface area contributed by atoms with E-state index < -0.39 is 10.0 Å². The molecule has 1 unspecified atom stereocenters. The van der Waals surface area contributed by atoms with Crippen LogP contribution in [-0.4, -0.2) is 33.3 Å². The highest BCUT2D eigenvalue weighted by atomic mass is 32.2. The Morgan fingerprint density at radius 3 is 2.64 bits per heavy atom. The second-order valence-corrected chi connectivity index (χ2v) is 8.03. The molecule has 0 amide bonds. The SMILES string of the molecule is CC(=O)c1cccc(S(=O)(=O)NCC2CCCN2c2ccccc2)c1. The molecule has 1 fully saturated rings. The van der Waals surface area contributed by atoms with Crippen LogP contribution in [0.5, 0.6) is 0 Å². The third-order valence-corrected chi connectivity index (χ3v) is 5.95. The van der Waals surface area contributed by atoms with Crippen LogP contribution in [0, 0.1) is 0 Å². The van der Waals surface area contributed by atoms with E-state index in [1.54, 1.807) is 12.1 Å². The predicted molar refractivity (Wildman–Crippen MR) is 98.4 cm³/mol. The van der Waals surface area contributed by atoms with Crippen LogP contribution in [-0.2, 0) is 10.0 Å². The number of hydrogen-bond acceptors (Lipinski definition) is 4. The summed E-state index contributed by atoms with van der Waals surface area (Å²) in [5.41, 5.74) is 1.51. The number of nitrogens with zero attached hydrogens (tertiary/aromatic N) is 1. The highest BCUT2D eigenvalue weighted by Gasteiger charge is 2.26. The molecule has 1 saturated heterocycles. The lowest BCUT2D eigenvalue weighted by molar-refractivity contribution is 0.101. The van der Waals surface area contributed by atoms with Crippen LogP contribution in [0.1, 0.15) is 30.1 Å². The van der Waals surface area contributed by atoms with Gasteiger partial charge in [-0.2, -0.15) is 0 Å². The first kappa shape index (κ1) is 17.6. The van der Waals surface area contributed by atoms with Gasteiger partial charge in [-0.05, 0) is 44.0 Å². The third-order valence-electron chi connectivity index (χ3n) is 4.52. The van der Waals surface area contributed by atoms with Crippen molar-refractivity contribution in [3.8, 4) is 0 Å². The minimum atomic E-state index is -3.64. The van der Waals surface area contributed by atoms with Gasteiger partial charge < -0.3 is 4.90 Å². The number of carbonyl (C=O) groups is 1. The van der Waals surface area contributed by atoms with E-state index in [1.807, 2.05) is 30.3 Å². The van der Waals surface area contributed by atoms with Gasteiger partial charge in [-0.25, -0.2) is 13.1 Å². The second-order valence-electron chi connectivity index (χ2n) is 6.26. The summed E-state index contributed by atoms with van der Waals surface area (Å²) < 4.78 is 27.8. The minimum absolute atomic E-state index is 0.129. The molecule has 0 saturated carbocycles. The monoisotopic (exact) mass is 358 g/mol. The van der Waals surface area contributed by atoms with Crippen molar-refractivity contribution < 1.29 is 13.2 Å². The number of sulfonamides is 1. The van der Waals surface area contributed by atoms with Crippen molar-refractivity contribution >= 4 is 21.5 Å². The lowest BCUT2D eigenvalue weighted by atomic mass is 10.2. The van der Waals surface area contributed by atoms with Gasteiger partial charge in [0.05, 0.1) is 4.90 Å². The molecule has 2 aromatic rings. The zero-order valence-corrected chi connectivity index (χ0v) is 15.0. The fraction of sp³-hybridized carbons (Fsp3) is 0.316. The zero-order chi connectivity index (χ0) is 17.9. The van der Waals surface area contributed by atoms with Gasteiger partial charge in [-0.15, -0.1) is 0 Å². The molecule has 1 heterocycles. The van der Waals surface area contributed by atoms with Gasteiger partial charge in [-0.1, -0.05) is 30.3 Å². The van der Waals surface area contributed by atoms with Crippen molar-refractivity contribution in [1.82, 2.24) is 4.72 Å². The molecular formula is C19H22N2O3S. The van der Waals surface area contributed by atoms with Crippen molar-refractivity contribution in [3.05, 3.63) is 60.2 Å². The Hall–Kier alpha value is -2.18. The van der Waals surface area contributed by atoms with Crippen molar-refractivity contribution in [3.63, 3.8) is 0 Å². The number of carbonyl (C=O) groups excluding carboxylic acids is 1. The molecule has 6 heteroatoms. The van der Waals surface area contributed by atoms with Gasteiger partial charge in [0.2, 0.25) is 10.0 Å². The van der Waals surface area contributed by atoms with Crippen LogP contribution in [0.2, 0.25) is 0 Å². The van der Waals surface area contributed by atoms with Gasteiger partial charge in [0, 0.05) is 30.4 Å². The normalized spacial score (nSPS) is 17.6. The van der Waals surface area contributed by atoms with Crippen LogP contribution in [0.25, 0.3) is 0 Å². The van der Waals surface area contributed by atoms with Crippen LogP contribution in [0.4, 0.5) is 5.69 Å². The number of nitrogens with one attached hydrogen (secondary N) is 1. The molecule has 1 atom stereocenters. The topological polar surface area (TPSA) is 66.5 Å². The van der Waals surface area contributed by atoms with Gasteiger partial charge in [0.1, 0.15) is 0 Å². The average Bonchev–Trinajstić information content (AvgIpc) is 3.09. The smallest absolute Gasteiger partial charge is 0.240 e. The number of hydrogen-bond donors (Lipinski definition) is 1. The van der Waals surface area contributed by atoms with Crippen LogP contribution >= 0.6 is 0 Å². The molecule has 0 aromatic heterocycles. The van der Waals surface area contributed by atoms with E-state index in [9.17, 15) is 13.2 Å². The van der Waals surface area contributed by atoms with Gasteiger partial charge in [-0.3, -0.25) is 4.79 Å². The first-order valence-corrected chi connectivity index (χ1v) is 9.88. The maximum absolute atomic E-state index is 12.6. The molecule has 1 N–H and O–H groups in total. The van der Waals surface area contributed by atoms with E-state index in [0.29, 0.717) is 12.1 Å². The third kappa shape index (κ3) is 4.08. The van der Waals surface area contributed by atoms with Gasteiger partial charge >= 0.3 is 0 Å². The molecule has 1 aliphatic heterocycles. The highest BCUT2D eigenvalue weighted by molar-refractivity contribution is 7.89. The summed E-state index contributed by atoms with van der Waals surface area (Å²) >= 11 is 0. The number of ketones is 1. The van der Waals surface area contributed by atoms with E-state index >= 15 is 0 Å². The highest BCUT2D eigenvalue weighted by Crippen LogP contribution is 2.25. The predicted octanol–water partition coefficient (Wildman–Crippen LogP) is 2.84. The lowest BCUT2D eigenvalue weighted by Gasteiger charge is -2.27. The number of anilines is 1. The number of para-hydroxylation sites is 1. The minimum Gasteiger partial charge on any atom is -0.367 e. The summed E-state index contributed by atoms with van der Waals surface area (Å²) in [6.07, 6.45) is 1.99. The lowest BCUT2D eigenvalue weighted by Crippen LogP contribution is -2.40. The van der Waals surface area contributed by atoms with E-state index in [4.69, 9.17) is 0 Å². The van der Waals surface area contributed by atoms with Crippen molar-refractivity contribution in [1.29, 1.82) is 0 Å². The fourth-order valence-electron chi connectivity index (χ4n) is 3.18. The van der Waals surface area contributed by atoms with E-state index in [1.165, 1.54) is 19.1 Å². The number of Topliss-reactive ketones (excluding diaryl/α,β-unsaturated/α-hetero) is 1. The first-order chi connectivity index (χ1) is 12.0. The molecule has 0 spiro atoms. The summed E-state index contributed by atoms with van der Waals surface area (Å²) in [6, 6.07) is 16.3. The summed E-state index contributed by atoms with van der Waals surface area (Å²) in [5.74, 6) is -0.150. The fourth-order valence-corrected chi connectivity index (χ4v) is 4.30. The molecular weight excluding hydrogens is 336 g/mol. The van der Waals surface area contributed by atoms with Crippen LogP contribution in [0.15, 0.2) is 59.5 Å². The molecule has 1 aliphatic rings. The van der Waals surface area contributed by atoms with Crippen molar-refractivity contribution in [2.75, 3.05) is 18.0 Å². The Labute approximate surface area is 148 Å². The zero-order valence-electron chi connectivity index (χ0n) is 14.2. The molecule has 0 bridgehead atoms. The van der Waals surface area contributed by atoms with E-state index in [-0.39, 0.29) is 16.7 Å². The Kier molecular flexibility index (Phi) is 5.20. The molecule has 132 valence electrons. The summed E-state index contributed by atoms with van der Waals surface area (Å²) in [4.78, 5) is 13.8. The molecule has 2 aromatic carbocycles. The van der Waals surface area contributed by atoms with Gasteiger partial charge in [0.25, 0.3) is 0 Å². The van der Waals surface area contributed by atoms with Gasteiger partial charge in [0.15, 0.2) is 5.78 Å². The number of rotatable bonds is 6. The van der Waals surface area contributed by atoms with Crippen LogP contribution < -0.4 is 9.62 Å². The summed E-state index contributed by atoms with van der Waals surface area (Å²) in [5, 5.41) is 0. The molecule has 25 heavy (non-hydrogen) atoms.